The predicted molar refractivity (Wildman–Crippen MR) is 100 cm³/mol. The first-order chi connectivity index (χ1) is 12.4. The van der Waals surface area contributed by atoms with Gasteiger partial charge >= 0.3 is 0 Å². The number of hydrogen-bond acceptors (Lipinski definition) is 4. The average Bonchev–Trinajstić information content (AvgIpc) is 2.68. The molecule has 0 saturated heterocycles. The van der Waals surface area contributed by atoms with Crippen LogP contribution < -0.4 is 10.1 Å². The van der Waals surface area contributed by atoms with Crippen molar-refractivity contribution in [2.45, 2.75) is 6.61 Å². The molecule has 1 N–H and O–H groups in total. The first-order valence-corrected chi connectivity index (χ1v) is 8.12. The van der Waals surface area contributed by atoms with Gasteiger partial charge in [-0.15, -0.1) is 0 Å². The first kappa shape index (κ1) is 15.1. The smallest absolute Gasteiger partial charge is 0.141 e. The summed E-state index contributed by atoms with van der Waals surface area (Å²) in [6, 6.07) is 25.9. The fourth-order valence-electron chi connectivity index (χ4n) is 2.65. The van der Waals surface area contributed by atoms with Gasteiger partial charge in [0.1, 0.15) is 24.5 Å². The van der Waals surface area contributed by atoms with Crippen LogP contribution >= 0.6 is 0 Å². The van der Waals surface area contributed by atoms with E-state index in [0.717, 1.165) is 33.7 Å². The van der Waals surface area contributed by atoms with E-state index in [9.17, 15) is 0 Å². The molecule has 0 spiro atoms. The lowest BCUT2D eigenvalue weighted by molar-refractivity contribution is 0.306. The Morgan fingerprint density at radius 2 is 1.64 bits per heavy atom. The number of ether oxygens (including phenoxy) is 1. The van der Waals surface area contributed by atoms with Crippen LogP contribution in [0.3, 0.4) is 0 Å². The molecule has 0 aliphatic carbocycles. The molecule has 25 heavy (non-hydrogen) atoms. The minimum Gasteiger partial charge on any atom is -0.489 e. The van der Waals surface area contributed by atoms with Gasteiger partial charge in [-0.05, 0) is 29.8 Å². The zero-order valence-electron chi connectivity index (χ0n) is 13.6. The van der Waals surface area contributed by atoms with Crippen molar-refractivity contribution in [1.82, 2.24) is 9.97 Å². The van der Waals surface area contributed by atoms with Crippen LogP contribution in [-0.4, -0.2) is 9.97 Å². The van der Waals surface area contributed by atoms with Gasteiger partial charge in [-0.3, -0.25) is 0 Å². The summed E-state index contributed by atoms with van der Waals surface area (Å²) in [6.07, 6.45) is 1.57. The Morgan fingerprint density at radius 1 is 0.800 bits per heavy atom. The minimum absolute atomic E-state index is 0.542. The molecular formula is C21H17N3O. The van der Waals surface area contributed by atoms with Crippen LogP contribution in [0, 0.1) is 0 Å². The van der Waals surface area contributed by atoms with Crippen LogP contribution in [0.25, 0.3) is 10.9 Å². The van der Waals surface area contributed by atoms with E-state index in [2.05, 4.69) is 27.4 Å². The summed E-state index contributed by atoms with van der Waals surface area (Å²) >= 11 is 0. The summed E-state index contributed by atoms with van der Waals surface area (Å²) in [6.45, 7) is 0.542. The second kappa shape index (κ2) is 7.01. The van der Waals surface area contributed by atoms with Gasteiger partial charge in [-0.25, -0.2) is 9.97 Å². The molecule has 122 valence electrons. The Hall–Kier alpha value is -3.40. The number of nitrogens with one attached hydrogen (secondary N) is 1. The maximum atomic E-state index is 5.89. The second-order valence-electron chi connectivity index (χ2n) is 5.67. The first-order valence-electron chi connectivity index (χ1n) is 8.12. The molecule has 4 nitrogen and oxygen atoms in total. The molecule has 4 heteroatoms. The van der Waals surface area contributed by atoms with E-state index in [0.29, 0.717) is 6.61 Å². The van der Waals surface area contributed by atoms with Crippen LogP contribution in [0.4, 0.5) is 11.5 Å². The Labute approximate surface area is 146 Å². The number of nitrogens with zero attached hydrogens (tertiary/aromatic N) is 2. The van der Waals surface area contributed by atoms with Crippen LogP contribution in [-0.2, 0) is 6.61 Å². The maximum Gasteiger partial charge on any atom is 0.141 e. The van der Waals surface area contributed by atoms with Crippen molar-refractivity contribution < 1.29 is 4.74 Å². The molecule has 4 rings (SSSR count). The molecule has 1 aromatic heterocycles. The van der Waals surface area contributed by atoms with Crippen LogP contribution in [0.1, 0.15) is 5.56 Å². The Morgan fingerprint density at radius 3 is 2.56 bits per heavy atom. The van der Waals surface area contributed by atoms with E-state index >= 15 is 0 Å². The van der Waals surface area contributed by atoms with E-state index in [1.54, 1.807) is 6.33 Å². The molecule has 0 amide bonds. The van der Waals surface area contributed by atoms with Crippen molar-refractivity contribution in [2.24, 2.45) is 0 Å². The van der Waals surface area contributed by atoms with Gasteiger partial charge in [-0.1, -0.05) is 48.5 Å². The SMILES string of the molecule is c1ccc(COc2cccc(Nc3ncnc4ccccc34)c2)cc1. The lowest BCUT2D eigenvalue weighted by Crippen LogP contribution is -1.98. The molecular weight excluding hydrogens is 310 g/mol. The average molecular weight is 327 g/mol. The van der Waals surface area contributed by atoms with Gasteiger partial charge in [-0.2, -0.15) is 0 Å². The third-order valence-electron chi connectivity index (χ3n) is 3.89. The van der Waals surface area contributed by atoms with Gasteiger partial charge in [0, 0.05) is 17.1 Å². The van der Waals surface area contributed by atoms with Crippen molar-refractivity contribution in [2.75, 3.05) is 5.32 Å². The van der Waals surface area contributed by atoms with Crippen molar-refractivity contribution in [3.8, 4) is 5.75 Å². The summed E-state index contributed by atoms with van der Waals surface area (Å²) in [5, 5.41) is 4.34. The molecule has 0 radical (unpaired) electrons. The molecule has 3 aromatic carbocycles. The molecule has 0 atom stereocenters. The van der Waals surface area contributed by atoms with Crippen molar-refractivity contribution in [3.05, 3.63) is 90.8 Å². The fourth-order valence-corrected chi connectivity index (χ4v) is 2.65. The summed E-state index contributed by atoms with van der Waals surface area (Å²) in [7, 11) is 0. The highest BCUT2D eigenvalue weighted by molar-refractivity contribution is 5.90. The molecule has 0 fully saturated rings. The molecule has 0 aliphatic heterocycles. The summed E-state index contributed by atoms with van der Waals surface area (Å²) in [4.78, 5) is 8.65. The summed E-state index contributed by atoms with van der Waals surface area (Å²) in [5.41, 5.74) is 2.98. The largest absolute Gasteiger partial charge is 0.489 e. The predicted octanol–water partition coefficient (Wildman–Crippen LogP) is 4.95. The molecule has 0 unspecified atom stereocenters. The summed E-state index contributed by atoms with van der Waals surface area (Å²) < 4.78 is 5.89. The van der Waals surface area contributed by atoms with Gasteiger partial charge in [0.05, 0.1) is 5.52 Å². The molecule has 0 saturated carbocycles. The molecule has 0 aliphatic rings. The number of hydrogen-bond donors (Lipinski definition) is 1. The lowest BCUT2D eigenvalue weighted by atomic mass is 10.2. The molecule has 0 bridgehead atoms. The number of rotatable bonds is 5. The Kier molecular flexibility index (Phi) is 4.25. The van der Waals surface area contributed by atoms with Gasteiger partial charge in [0.2, 0.25) is 0 Å². The van der Waals surface area contributed by atoms with Crippen LogP contribution in [0.2, 0.25) is 0 Å². The zero-order chi connectivity index (χ0) is 16.9. The highest BCUT2D eigenvalue weighted by Gasteiger charge is 2.04. The number of para-hydroxylation sites is 1. The number of fused-ring (bicyclic) bond motifs is 1. The molecule has 1 heterocycles. The highest BCUT2D eigenvalue weighted by Crippen LogP contribution is 2.25. The normalized spacial score (nSPS) is 10.6. The number of benzene rings is 3. The van der Waals surface area contributed by atoms with Gasteiger partial charge < -0.3 is 10.1 Å². The quantitative estimate of drug-likeness (QED) is 0.563. The van der Waals surface area contributed by atoms with Crippen LogP contribution in [0.15, 0.2) is 85.2 Å². The van der Waals surface area contributed by atoms with Gasteiger partial charge in [0.15, 0.2) is 0 Å². The van der Waals surface area contributed by atoms with Crippen molar-refractivity contribution in [1.29, 1.82) is 0 Å². The van der Waals surface area contributed by atoms with Crippen molar-refractivity contribution in [3.63, 3.8) is 0 Å². The number of anilines is 2. The maximum absolute atomic E-state index is 5.89. The van der Waals surface area contributed by atoms with E-state index in [-0.39, 0.29) is 0 Å². The van der Waals surface area contributed by atoms with Crippen molar-refractivity contribution >= 4 is 22.4 Å². The fraction of sp³-hybridized carbons (Fsp3) is 0.0476. The lowest BCUT2D eigenvalue weighted by Gasteiger charge is -2.11. The Balaban J connectivity index is 1.53. The van der Waals surface area contributed by atoms with E-state index in [4.69, 9.17) is 4.74 Å². The summed E-state index contributed by atoms with van der Waals surface area (Å²) in [5.74, 6) is 1.60. The standard InChI is InChI=1S/C21H17N3O/c1-2-7-16(8-3-1)14-25-18-10-6-9-17(13-18)24-21-19-11-4-5-12-20(19)22-15-23-21/h1-13,15H,14H2,(H,22,23,24). The second-order valence-corrected chi connectivity index (χ2v) is 5.67. The molecule has 4 aromatic rings. The minimum atomic E-state index is 0.542. The van der Waals surface area contributed by atoms with E-state index < -0.39 is 0 Å². The van der Waals surface area contributed by atoms with E-state index in [1.165, 1.54) is 0 Å². The highest BCUT2D eigenvalue weighted by atomic mass is 16.5. The Bertz CT molecular complexity index is 981. The number of aromatic nitrogens is 2. The zero-order valence-corrected chi connectivity index (χ0v) is 13.6. The topological polar surface area (TPSA) is 47.0 Å². The third-order valence-corrected chi connectivity index (χ3v) is 3.89. The monoisotopic (exact) mass is 327 g/mol. The van der Waals surface area contributed by atoms with Crippen LogP contribution in [0.5, 0.6) is 5.75 Å². The van der Waals surface area contributed by atoms with E-state index in [1.807, 2.05) is 66.7 Å². The third kappa shape index (κ3) is 3.58. The van der Waals surface area contributed by atoms with Gasteiger partial charge in [0.25, 0.3) is 0 Å².